The van der Waals surface area contributed by atoms with E-state index in [2.05, 4.69) is 51.4 Å². The van der Waals surface area contributed by atoms with E-state index in [0.29, 0.717) is 23.7 Å². The number of furan rings is 1. The van der Waals surface area contributed by atoms with Crippen LogP contribution >= 0.6 is 0 Å². The number of aromatic amines is 1. The van der Waals surface area contributed by atoms with Crippen molar-refractivity contribution in [1.29, 1.82) is 0 Å². The summed E-state index contributed by atoms with van der Waals surface area (Å²) in [6.45, 7) is 3.89. The van der Waals surface area contributed by atoms with Crippen LogP contribution in [0.5, 0.6) is 0 Å². The van der Waals surface area contributed by atoms with Crippen molar-refractivity contribution in [1.82, 2.24) is 15.4 Å². The van der Waals surface area contributed by atoms with Crippen LogP contribution in [0.1, 0.15) is 5.69 Å². The summed E-state index contributed by atoms with van der Waals surface area (Å²) < 4.78 is 6.01. The minimum atomic E-state index is 0.394. The zero-order valence-electron chi connectivity index (χ0n) is 13.5. The van der Waals surface area contributed by atoms with Crippen LogP contribution in [0.4, 0.5) is 0 Å². The lowest BCUT2D eigenvalue weighted by molar-refractivity contribution is 0.594. The average Bonchev–Trinajstić information content (AvgIpc) is 3.32. The van der Waals surface area contributed by atoms with Crippen molar-refractivity contribution < 1.29 is 4.42 Å². The molecule has 0 bridgehead atoms. The molecule has 0 amide bonds. The van der Waals surface area contributed by atoms with Gasteiger partial charge in [-0.15, -0.1) is 0 Å². The van der Waals surface area contributed by atoms with Crippen LogP contribution in [0.2, 0.25) is 0 Å². The van der Waals surface area contributed by atoms with Crippen molar-refractivity contribution in [3.8, 4) is 33.9 Å². The van der Waals surface area contributed by atoms with Crippen LogP contribution in [0.25, 0.3) is 33.9 Å². The first-order chi connectivity index (χ1) is 12.3. The predicted molar refractivity (Wildman–Crippen MR) is 98.2 cm³/mol. The highest BCUT2D eigenvalue weighted by Crippen LogP contribution is 2.31. The van der Waals surface area contributed by atoms with Gasteiger partial charge in [0.25, 0.3) is 0 Å². The summed E-state index contributed by atoms with van der Waals surface area (Å²) in [6, 6.07) is 22.4. The molecule has 1 N–H and O–H groups in total. The Morgan fingerprint density at radius 1 is 0.840 bits per heavy atom. The molecule has 122 valence electrons. The molecule has 2 aromatic heterocycles. The summed E-state index contributed by atoms with van der Waals surface area (Å²) in [5.41, 5.74) is 4.72. The number of benzene rings is 2. The molecule has 5 heteroatoms. The molecule has 2 aromatic carbocycles. The fourth-order valence-corrected chi connectivity index (χ4v) is 2.77. The lowest BCUT2D eigenvalue weighted by Crippen LogP contribution is -1.85. The summed E-state index contributed by atoms with van der Waals surface area (Å²) in [5.74, 6) is 1.45. The number of H-pyrrole nitrogens is 1. The Kier molecular flexibility index (Phi) is 3.96. The monoisotopic (exact) mass is 328 g/mol. The van der Waals surface area contributed by atoms with Crippen LogP contribution in [0.3, 0.4) is 0 Å². The third kappa shape index (κ3) is 2.99. The highest BCUT2D eigenvalue weighted by molar-refractivity contribution is 5.72. The lowest BCUT2D eigenvalue weighted by atomic mass is 10.0. The quantitative estimate of drug-likeness (QED) is 0.544. The molecule has 4 rings (SSSR count). The largest absolute Gasteiger partial charge is 0.454 e. The van der Waals surface area contributed by atoms with Gasteiger partial charge in [0.1, 0.15) is 11.5 Å². The van der Waals surface area contributed by atoms with Gasteiger partial charge in [-0.2, -0.15) is 15.4 Å². The Balaban J connectivity index is 1.69. The normalized spacial score (nSPS) is 10.7. The average molecular weight is 328 g/mol. The Labute approximate surface area is 145 Å². The third-order valence-electron chi connectivity index (χ3n) is 3.98. The van der Waals surface area contributed by atoms with E-state index >= 15 is 0 Å². The maximum absolute atomic E-state index is 6.01. The first-order valence-electron chi connectivity index (χ1n) is 7.93. The number of hydrogen-bond acceptors (Lipinski definition) is 4. The fourth-order valence-electron chi connectivity index (χ4n) is 2.77. The van der Waals surface area contributed by atoms with Gasteiger partial charge in [0.2, 0.25) is 0 Å². The molecule has 0 saturated heterocycles. The van der Waals surface area contributed by atoms with Gasteiger partial charge in [-0.1, -0.05) is 48.5 Å². The zero-order valence-corrected chi connectivity index (χ0v) is 13.5. The van der Waals surface area contributed by atoms with Gasteiger partial charge >= 0.3 is 0 Å². The first kappa shape index (κ1) is 15.1. The van der Waals surface area contributed by atoms with E-state index in [0.717, 1.165) is 16.9 Å². The zero-order chi connectivity index (χ0) is 17.1. The molecule has 4 aromatic rings. The molecule has 0 aliphatic heterocycles. The molecule has 5 nitrogen and oxygen atoms in total. The second kappa shape index (κ2) is 6.57. The smallest absolute Gasteiger partial charge is 0.157 e. The molecule has 0 fully saturated rings. The lowest BCUT2D eigenvalue weighted by Gasteiger charge is -2.04. The van der Waals surface area contributed by atoms with Gasteiger partial charge in [-0.3, -0.25) is 4.99 Å². The summed E-state index contributed by atoms with van der Waals surface area (Å²) in [7, 11) is 0. The highest BCUT2D eigenvalue weighted by Gasteiger charge is 2.14. The van der Waals surface area contributed by atoms with Crippen LogP contribution in [0.15, 0.2) is 76.1 Å². The van der Waals surface area contributed by atoms with Crippen molar-refractivity contribution >= 4 is 6.72 Å². The van der Waals surface area contributed by atoms with Crippen LogP contribution in [-0.2, 0) is 6.54 Å². The molecule has 0 atom stereocenters. The molecule has 0 unspecified atom stereocenters. The molecule has 2 heterocycles. The van der Waals surface area contributed by atoms with Crippen molar-refractivity contribution in [2.45, 2.75) is 6.54 Å². The van der Waals surface area contributed by atoms with Gasteiger partial charge in [-0.05, 0) is 36.0 Å². The fraction of sp³-hybridized carbons (Fsp3) is 0.0500. The van der Waals surface area contributed by atoms with Crippen molar-refractivity contribution in [3.05, 3.63) is 72.4 Å². The molecule has 0 aliphatic carbocycles. The number of hydrogen-bond donors (Lipinski definition) is 1. The Morgan fingerprint density at radius 2 is 1.60 bits per heavy atom. The number of nitrogens with zero attached hydrogens (tertiary/aromatic N) is 3. The SMILES string of the molecule is C=NCc1n[nH]nc1-c1ccc(-c2cccc(-c3ccccc3)c2)o1. The van der Waals surface area contributed by atoms with Crippen molar-refractivity contribution in [2.75, 3.05) is 0 Å². The van der Waals surface area contributed by atoms with Gasteiger partial charge in [0.05, 0.1) is 6.54 Å². The van der Waals surface area contributed by atoms with E-state index in [-0.39, 0.29) is 0 Å². The molecular weight excluding hydrogens is 312 g/mol. The molecule has 25 heavy (non-hydrogen) atoms. The van der Waals surface area contributed by atoms with E-state index in [4.69, 9.17) is 4.42 Å². The topological polar surface area (TPSA) is 67.1 Å². The summed E-state index contributed by atoms with van der Waals surface area (Å²) in [4.78, 5) is 3.86. The molecule has 0 spiro atoms. The van der Waals surface area contributed by atoms with Crippen molar-refractivity contribution in [3.63, 3.8) is 0 Å². The third-order valence-corrected chi connectivity index (χ3v) is 3.98. The Morgan fingerprint density at radius 3 is 2.44 bits per heavy atom. The van der Waals surface area contributed by atoms with E-state index in [1.165, 1.54) is 5.56 Å². The maximum atomic E-state index is 6.01. The number of aliphatic imine (C=N–C) groups is 1. The van der Waals surface area contributed by atoms with E-state index < -0.39 is 0 Å². The maximum Gasteiger partial charge on any atom is 0.157 e. The molecule has 0 aliphatic rings. The number of rotatable bonds is 5. The van der Waals surface area contributed by atoms with Gasteiger partial charge in [-0.25, -0.2) is 0 Å². The van der Waals surface area contributed by atoms with Gasteiger partial charge in [0.15, 0.2) is 11.5 Å². The van der Waals surface area contributed by atoms with Crippen LogP contribution in [0, 0.1) is 0 Å². The van der Waals surface area contributed by atoms with Crippen molar-refractivity contribution in [2.24, 2.45) is 4.99 Å². The number of aromatic nitrogens is 3. The minimum absolute atomic E-state index is 0.394. The van der Waals surface area contributed by atoms with Crippen LogP contribution < -0.4 is 0 Å². The van der Waals surface area contributed by atoms with E-state index in [9.17, 15) is 0 Å². The number of nitrogens with one attached hydrogen (secondary N) is 1. The minimum Gasteiger partial charge on any atom is -0.454 e. The standard InChI is InChI=1S/C20H16N4O/c1-21-13-17-20(23-24-22-17)19-11-10-18(25-19)16-9-5-8-15(12-16)14-6-3-2-4-7-14/h2-12H,1,13H2,(H,22,23,24). The second-order valence-corrected chi connectivity index (χ2v) is 5.61. The van der Waals surface area contributed by atoms with E-state index in [1.807, 2.05) is 42.5 Å². The molecule has 0 radical (unpaired) electrons. The second-order valence-electron chi connectivity index (χ2n) is 5.61. The summed E-state index contributed by atoms with van der Waals surface area (Å²) in [6.07, 6.45) is 0. The van der Waals surface area contributed by atoms with Gasteiger partial charge < -0.3 is 4.42 Å². The Bertz CT molecular complexity index is 1000. The molecular formula is C20H16N4O. The molecule has 0 saturated carbocycles. The predicted octanol–water partition coefficient (Wildman–Crippen LogP) is 4.60. The van der Waals surface area contributed by atoms with E-state index in [1.54, 1.807) is 0 Å². The summed E-state index contributed by atoms with van der Waals surface area (Å²) >= 11 is 0. The first-order valence-corrected chi connectivity index (χ1v) is 7.93. The summed E-state index contributed by atoms with van der Waals surface area (Å²) in [5, 5.41) is 10.9. The van der Waals surface area contributed by atoms with Crippen LogP contribution in [-0.4, -0.2) is 22.1 Å². The van der Waals surface area contributed by atoms with Gasteiger partial charge in [0, 0.05) is 5.56 Å². The Hall–Kier alpha value is -3.47. The highest BCUT2D eigenvalue weighted by atomic mass is 16.3.